The van der Waals surface area contributed by atoms with Crippen molar-refractivity contribution in [2.75, 3.05) is 0 Å². The Morgan fingerprint density at radius 1 is 1.42 bits per heavy atom. The lowest BCUT2D eigenvalue weighted by Crippen LogP contribution is -2.04. The Balaban J connectivity index is 1.77. The van der Waals surface area contributed by atoms with E-state index in [2.05, 4.69) is 10.1 Å². The van der Waals surface area contributed by atoms with E-state index < -0.39 is 0 Å². The number of aromatic nitrogens is 2. The minimum atomic E-state index is -0.377. The predicted molar refractivity (Wildman–Crippen MR) is 68.7 cm³/mol. The largest absolute Gasteiger partial charge is 0.455 e. The van der Waals surface area contributed by atoms with Gasteiger partial charge in [-0.15, -0.1) is 0 Å². The molecule has 0 aliphatic carbocycles. The van der Waals surface area contributed by atoms with Crippen LogP contribution in [-0.2, 0) is 11.3 Å². The maximum absolute atomic E-state index is 12.0. The first-order valence-corrected chi connectivity index (χ1v) is 5.89. The summed E-state index contributed by atoms with van der Waals surface area (Å²) < 4.78 is 10.1. The second-order valence-corrected chi connectivity index (χ2v) is 4.25. The Kier molecular flexibility index (Phi) is 2.79. The summed E-state index contributed by atoms with van der Waals surface area (Å²) in [5, 5.41) is 4.62. The van der Waals surface area contributed by atoms with Gasteiger partial charge in [0.1, 0.15) is 18.1 Å². The number of carbonyl (C=O) groups is 1. The molecule has 0 atom stereocenters. The molecule has 0 saturated carbocycles. The summed E-state index contributed by atoms with van der Waals surface area (Å²) in [4.78, 5) is 15.0. The van der Waals surface area contributed by atoms with Crippen molar-refractivity contribution in [2.24, 2.45) is 0 Å². The molecule has 0 fully saturated rings. The number of fused-ring (bicyclic) bond motifs is 1. The lowest BCUT2D eigenvalue weighted by atomic mass is 10.2. The van der Waals surface area contributed by atoms with Gasteiger partial charge in [-0.1, -0.05) is 23.4 Å². The van der Waals surface area contributed by atoms with Gasteiger partial charge in [-0.05, 0) is 13.0 Å². The topological polar surface area (TPSA) is 68.1 Å². The summed E-state index contributed by atoms with van der Waals surface area (Å²) >= 11 is 0. The molecule has 1 N–H and O–H groups in total. The average molecular weight is 256 g/mol. The summed E-state index contributed by atoms with van der Waals surface area (Å²) in [5.74, 6) is 0.316. The number of hydrogen-bond donors (Lipinski definition) is 1. The molecular weight excluding hydrogens is 244 g/mol. The number of benzene rings is 1. The van der Waals surface area contributed by atoms with E-state index in [1.54, 1.807) is 19.2 Å². The zero-order valence-corrected chi connectivity index (χ0v) is 10.3. The normalized spacial score (nSPS) is 10.8. The van der Waals surface area contributed by atoms with Crippen molar-refractivity contribution in [1.82, 2.24) is 10.1 Å². The molecule has 2 aromatic heterocycles. The fourth-order valence-corrected chi connectivity index (χ4v) is 1.94. The Morgan fingerprint density at radius 2 is 2.26 bits per heavy atom. The van der Waals surface area contributed by atoms with E-state index in [9.17, 15) is 4.79 Å². The van der Waals surface area contributed by atoms with Gasteiger partial charge in [-0.3, -0.25) is 0 Å². The van der Waals surface area contributed by atoms with Crippen molar-refractivity contribution < 1.29 is 14.1 Å². The first kappa shape index (κ1) is 11.5. The van der Waals surface area contributed by atoms with Gasteiger partial charge in [0.25, 0.3) is 0 Å². The van der Waals surface area contributed by atoms with Crippen molar-refractivity contribution in [2.45, 2.75) is 13.5 Å². The van der Waals surface area contributed by atoms with Gasteiger partial charge in [0.2, 0.25) is 0 Å². The number of rotatable bonds is 3. The van der Waals surface area contributed by atoms with E-state index in [0.717, 1.165) is 10.9 Å². The molecule has 0 bridgehead atoms. The Morgan fingerprint density at radius 3 is 3.05 bits per heavy atom. The molecular formula is C14H12N2O3. The molecule has 3 rings (SSSR count). The molecule has 2 heterocycles. The van der Waals surface area contributed by atoms with Crippen LogP contribution in [0.25, 0.3) is 10.9 Å². The van der Waals surface area contributed by atoms with Crippen LogP contribution >= 0.6 is 0 Å². The molecule has 3 aromatic rings. The summed E-state index contributed by atoms with van der Waals surface area (Å²) in [6.07, 6.45) is 1.65. The van der Waals surface area contributed by atoms with E-state index in [4.69, 9.17) is 9.26 Å². The van der Waals surface area contributed by atoms with Gasteiger partial charge in [0.15, 0.2) is 0 Å². The second-order valence-electron chi connectivity index (χ2n) is 4.25. The molecule has 0 aliphatic heterocycles. The van der Waals surface area contributed by atoms with Gasteiger partial charge in [0, 0.05) is 23.2 Å². The predicted octanol–water partition coefficient (Wildman–Crippen LogP) is 2.82. The van der Waals surface area contributed by atoms with Gasteiger partial charge in [-0.2, -0.15) is 0 Å². The molecule has 0 unspecified atom stereocenters. The Labute approximate surface area is 109 Å². The van der Waals surface area contributed by atoms with Crippen LogP contribution in [-0.4, -0.2) is 16.1 Å². The number of para-hydroxylation sites is 1. The minimum Gasteiger partial charge on any atom is -0.455 e. The first-order chi connectivity index (χ1) is 9.24. The monoisotopic (exact) mass is 256 g/mol. The number of H-pyrrole nitrogens is 1. The van der Waals surface area contributed by atoms with E-state index in [1.807, 2.05) is 24.3 Å². The quantitative estimate of drug-likeness (QED) is 0.731. The molecule has 0 radical (unpaired) electrons. The summed E-state index contributed by atoms with van der Waals surface area (Å²) in [5.41, 5.74) is 2.04. The Bertz CT molecular complexity index is 727. The number of esters is 1. The maximum atomic E-state index is 12.0. The van der Waals surface area contributed by atoms with Crippen LogP contribution in [0.3, 0.4) is 0 Å². The fourth-order valence-electron chi connectivity index (χ4n) is 1.94. The lowest BCUT2D eigenvalue weighted by molar-refractivity contribution is 0.0466. The number of aryl methyl sites for hydroxylation is 1. The van der Waals surface area contributed by atoms with Crippen LogP contribution in [0, 0.1) is 6.92 Å². The number of ether oxygens (including phenoxy) is 1. The van der Waals surface area contributed by atoms with Gasteiger partial charge >= 0.3 is 5.97 Å². The molecule has 5 nitrogen and oxygen atoms in total. The Hall–Kier alpha value is -2.56. The van der Waals surface area contributed by atoms with Crippen molar-refractivity contribution >= 4 is 16.9 Å². The minimum absolute atomic E-state index is 0.107. The number of nitrogens with zero attached hydrogens (tertiary/aromatic N) is 1. The highest BCUT2D eigenvalue weighted by Gasteiger charge is 2.13. The van der Waals surface area contributed by atoms with E-state index >= 15 is 0 Å². The fraction of sp³-hybridized carbons (Fsp3) is 0.143. The van der Waals surface area contributed by atoms with E-state index in [-0.39, 0.29) is 12.6 Å². The van der Waals surface area contributed by atoms with Gasteiger partial charge in [-0.25, -0.2) is 4.79 Å². The highest BCUT2D eigenvalue weighted by atomic mass is 16.5. The first-order valence-electron chi connectivity index (χ1n) is 5.89. The zero-order chi connectivity index (χ0) is 13.2. The van der Waals surface area contributed by atoms with Crippen LogP contribution in [0.5, 0.6) is 0 Å². The van der Waals surface area contributed by atoms with Crippen LogP contribution in [0.15, 0.2) is 41.1 Å². The number of carbonyl (C=O) groups excluding carboxylic acids is 1. The molecule has 0 saturated heterocycles. The maximum Gasteiger partial charge on any atom is 0.340 e. The molecule has 0 aliphatic rings. The third-order valence-electron chi connectivity index (χ3n) is 2.84. The van der Waals surface area contributed by atoms with Crippen LogP contribution in [0.4, 0.5) is 0 Å². The van der Waals surface area contributed by atoms with Crippen molar-refractivity contribution in [3.05, 3.63) is 53.5 Å². The van der Waals surface area contributed by atoms with Crippen LogP contribution < -0.4 is 0 Å². The summed E-state index contributed by atoms with van der Waals surface area (Å²) in [6.45, 7) is 1.90. The second kappa shape index (κ2) is 4.61. The smallest absolute Gasteiger partial charge is 0.340 e. The molecule has 0 amide bonds. The number of aromatic amines is 1. The molecule has 19 heavy (non-hydrogen) atoms. The van der Waals surface area contributed by atoms with Crippen molar-refractivity contribution in [3.63, 3.8) is 0 Å². The molecule has 1 aromatic carbocycles. The van der Waals surface area contributed by atoms with Crippen LogP contribution in [0.1, 0.15) is 21.8 Å². The summed E-state index contributed by atoms with van der Waals surface area (Å²) in [6, 6.07) is 9.32. The van der Waals surface area contributed by atoms with E-state index in [0.29, 0.717) is 17.0 Å². The molecule has 96 valence electrons. The van der Waals surface area contributed by atoms with E-state index in [1.165, 1.54) is 0 Å². The number of nitrogens with one attached hydrogen (secondary N) is 1. The molecule has 5 heteroatoms. The molecule has 0 spiro atoms. The van der Waals surface area contributed by atoms with Crippen molar-refractivity contribution in [3.8, 4) is 0 Å². The average Bonchev–Trinajstić information content (AvgIpc) is 3.02. The van der Waals surface area contributed by atoms with Gasteiger partial charge in [0.05, 0.1) is 5.56 Å². The van der Waals surface area contributed by atoms with Gasteiger partial charge < -0.3 is 14.2 Å². The standard InChI is InChI=1S/C14H12N2O3/c1-9-6-10(16-19-9)8-18-14(17)12-7-15-13-5-3-2-4-11(12)13/h2-7,15H,8H2,1H3. The highest BCUT2D eigenvalue weighted by molar-refractivity contribution is 6.03. The SMILES string of the molecule is Cc1cc(COC(=O)c2c[nH]c3ccccc23)no1. The summed E-state index contributed by atoms with van der Waals surface area (Å²) in [7, 11) is 0. The van der Waals surface area contributed by atoms with Crippen LogP contribution in [0.2, 0.25) is 0 Å². The lowest BCUT2D eigenvalue weighted by Gasteiger charge is -2.00. The number of hydrogen-bond acceptors (Lipinski definition) is 4. The highest BCUT2D eigenvalue weighted by Crippen LogP contribution is 2.18. The zero-order valence-electron chi connectivity index (χ0n) is 10.3. The third-order valence-corrected chi connectivity index (χ3v) is 2.84. The third kappa shape index (κ3) is 2.22. The van der Waals surface area contributed by atoms with Crippen molar-refractivity contribution in [1.29, 1.82) is 0 Å².